The molecular weight excluding hydrogens is 454 g/mol. The number of methoxy groups -OCH3 is 1. The third-order valence-electron chi connectivity index (χ3n) is 5.95. The SMILES string of the molecule is COc1ccccc1S[C@H]1CN(C(=O)c2ccccc2)[C@](C)(C(=O)O)[C@H]1CC(=O)OC(C)(C)C. The van der Waals surface area contributed by atoms with Gasteiger partial charge in [-0.3, -0.25) is 9.59 Å². The summed E-state index contributed by atoms with van der Waals surface area (Å²) in [5.41, 5.74) is -1.92. The molecule has 3 rings (SSSR count). The summed E-state index contributed by atoms with van der Waals surface area (Å²) in [6.07, 6.45) is -0.133. The molecule has 34 heavy (non-hydrogen) atoms. The zero-order valence-corrected chi connectivity index (χ0v) is 20.9. The maximum atomic E-state index is 13.5. The molecule has 1 aliphatic heterocycles. The van der Waals surface area contributed by atoms with Crippen LogP contribution < -0.4 is 4.74 Å². The molecule has 0 radical (unpaired) electrons. The summed E-state index contributed by atoms with van der Waals surface area (Å²) in [5, 5.41) is 9.98. The Morgan fingerprint density at radius 2 is 1.71 bits per heavy atom. The van der Waals surface area contributed by atoms with Crippen LogP contribution in [0.3, 0.4) is 0 Å². The number of amides is 1. The number of ether oxygens (including phenoxy) is 2. The summed E-state index contributed by atoms with van der Waals surface area (Å²) in [4.78, 5) is 41.2. The topological polar surface area (TPSA) is 93.1 Å². The smallest absolute Gasteiger partial charge is 0.329 e. The second-order valence-electron chi connectivity index (χ2n) is 9.44. The Morgan fingerprint density at radius 3 is 2.29 bits per heavy atom. The number of carboxylic acid groups (broad SMARTS) is 1. The van der Waals surface area contributed by atoms with E-state index in [1.807, 2.05) is 24.3 Å². The summed E-state index contributed by atoms with van der Waals surface area (Å²) < 4.78 is 11.0. The van der Waals surface area contributed by atoms with E-state index in [0.717, 1.165) is 4.90 Å². The van der Waals surface area contributed by atoms with Crippen molar-refractivity contribution in [3.05, 3.63) is 60.2 Å². The molecule has 3 atom stereocenters. The zero-order chi connectivity index (χ0) is 25.1. The Hall–Kier alpha value is -3.00. The Balaban J connectivity index is 2.03. The minimum atomic E-state index is -1.61. The molecule has 0 saturated carbocycles. The van der Waals surface area contributed by atoms with Gasteiger partial charge in [0.2, 0.25) is 0 Å². The van der Waals surface area contributed by atoms with E-state index in [9.17, 15) is 19.5 Å². The number of nitrogens with zero attached hydrogens (tertiary/aromatic N) is 1. The van der Waals surface area contributed by atoms with E-state index in [4.69, 9.17) is 9.47 Å². The van der Waals surface area contributed by atoms with Crippen LogP contribution in [-0.2, 0) is 14.3 Å². The summed E-state index contributed by atoms with van der Waals surface area (Å²) in [6, 6.07) is 16.0. The molecule has 182 valence electrons. The average Bonchev–Trinajstić information content (AvgIpc) is 3.05. The molecule has 1 aliphatic rings. The number of carboxylic acids is 1. The van der Waals surface area contributed by atoms with Crippen molar-refractivity contribution in [1.29, 1.82) is 0 Å². The molecule has 2 aromatic carbocycles. The van der Waals surface area contributed by atoms with Crippen LogP contribution in [0.2, 0.25) is 0 Å². The van der Waals surface area contributed by atoms with Crippen LogP contribution in [0.15, 0.2) is 59.5 Å². The van der Waals surface area contributed by atoms with Gasteiger partial charge in [-0.15, -0.1) is 11.8 Å². The van der Waals surface area contributed by atoms with Crippen molar-refractivity contribution in [1.82, 2.24) is 4.90 Å². The highest BCUT2D eigenvalue weighted by molar-refractivity contribution is 8.00. The fraction of sp³-hybridized carbons (Fsp3) is 0.423. The maximum Gasteiger partial charge on any atom is 0.329 e. The minimum absolute atomic E-state index is 0.133. The highest BCUT2D eigenvalue weighted by Gasteiger charge is 2.58. The molecule has 8 heteroatoms. The number of aliphatic carboxylic acids is 1. The van der Waals surface area contributed by atoms with Crippen molar-refractivity contribution >= 4 is 29.6 Å². The van der Waals surface area contributed by atoms with Gasteiger partial charge in [0, 0.05) is 28.2 Å². The largest absolute Gasteiger partial charge is 0.496 e. The first-order valence-electron chi connectivity index (χ1n) is 11.1. The summed E-state index contributed by atoms with van der Waals surface area (Å²) in [6.45, 7) is 6.98. The van der Waals surface area contributed by atoms with Crippen molar-refractivity contribution in [2.45, 2.75) is 55.4 Å². The maximum absolute atomic E-state index is 13.5. The molecule has 7 nitrogen and oxygen atoms in total. The minimum Gasteiger partial charge on any atom is -0.496 e. The van der Waals surface area contributed by atoms with Gasteiger partial charge in [0.15, 0.2) is 0 Å². The van der Waals surface area contributed by atoms with Crippen molar-refractivity contribution < 1.29 is 29.0 Å². The van der Waals surface area contributed by atoms with Gasteiger partial charge in [-0.2, -0.15) is 0 Å². The number of hydrogen-bond donors (Lipinski definition) is 1. The van der Waals surface area contributed by atoms with Crippen LogP contribution in [0.25, 0.3) is 0 Å². The molecule has 1 saturated heterocycles. The third kappa shape index (κ3) is 5.38. The summed E-state index contributed by atoms with van der Waals surface area (Å²) in [7, 11) is 1.57. The number of hydrogen-bond acceptors (Lipinski definition) is 6. The first-order chi connectivity index (χ1) is 16.0. The van der Waals surface area contributed by atoms with E-state index >= 15 is 0 Å². The van der Waals surface area contributed by atoms with E-state index in [1.165, 1.54) is 23.6 Å². The summed E-state index contributed by atoms with van der Waals surface area (Å²) in [5.74, 6) is -2.09. The van der Waals surface area contributed by atoms with Crippen LogP contribution in [-0.4, -0.2) is 57.9 Å². The van der Waals surface area contributed by atoms with Crippen LogP contribution in [0.5, 0.6) is 5.75 Å². The lowest BCUT2D eigenvalue weighted by Crippen LogP contribution is -2.55. The molecule has 0 spiro atoms. The van der Waals surface area contributed by atoms with Gasteiger partial charge in [-0.1, -0.05) is 30.3 Å². The lowest BCUT2D eigenvalue weighted by atomic mass is 9.83. The number of thioether (sulfide) groups is 1. The van der Waals surface area contributed by atoms with Crippen LogP contribution in [0.1, 0.15) is 44.5 Å². The van der Waals surface area contributed by atoms with Crippen molar-refractivity contribution in [2.24, 2.45) is 5.92 Å². The lowest BCUT2D eigenvalue weighted by Gasteiger charge is -2.35. The van der Waals surface area contributed by atoms with Crippen LogP contribution >= 0.6 is 11.8 Å². The Kier molecular flexibility index (Phi) is 7.60. The monoisotopic (exact) mass is 485 g/mol. The van der Waals surface area contributed by atoms with Gasteiger partial charge in [-0.05, 0) is 52.0 Å². The molecule has 1 fully saturated rings. The van der Waals surface area contributed by atoms with E-state index < -0.39 is 29.0 Å². The first-order valence-corrected chi connectivity index (χ1v) is 12.0. The molecule has 2 aromatic rings. The normalized spacial score (nSPS) is 22.3. The Bertz CT molecular complexity index is 1050. The van der Waals surface area contributed by atoms with Crippen LogP contribution in [0.4, 0.5) is 0 Å². The fourth-order valence-corrected chi connectivity index (χ4v) is 5.75. The van der Waals surface area contributed by atoms with Crippen molar-refractivity contribution in [3.63, 3.8) is 0 Å². The quantitative estimate of drug-likeness (QED) is 0.577. The number of likely N-dealkylation sites (tertiary alicyclic amines) is 1. The number of carbonyl (C=O) groups excluding carboxylic acids is 2. The lowest BCUT2D eigenvalue weighted by molar-refractivity contribution is -0.158. The zero-order valence-electron chi connectivity index (χ0n) is 20.1. The number of para-hydroxylation sites is 1. The molecule has 0 unspecified atom stereocenters. The second-order valence-corrected chi connectivity index (χ2v) is 10.7. The van der Waals surface area contributed by atoms with Crippen LogP contribution in [0, 0.1) is 5.92 Å². The van der Waals surface area contributed by atoms with E-state index in [-0.39, 0.29) is 24.1 Å². The fourth-order valence-electron chi connectivity index (χ4n) is 4.25. The van der Waals surface area contributed by atoms with E-state index in [1.54, 1.807) is 58.2 Å². The Labute approximate surface area is 204 Å². The molecule has 0 aliphatic carbocycles. The summed E-state index contributed by atoms with van der Waals surface area (Å²) >= 11 is 1.42. The van der Waals surface area contributed by atoms with Gasteiger partial charge in [-0.25, -0.2) is 4.79 Å². The second kappa shape index (κ2) is 10.1. The standard InChI is InChI=1S/C26H31NO6S/c1-25(2,3)33-22(28)15-18-21(34-20-14-10-9-13-19(20)32-5)16-27(26(18,4)24(30)31)23(29)17-11-7-6-8-12-17/h6-14,18,21H,15-16H2,1-5H3,(H,30,31)/t18-,21-,26-/m0/s1. The average molecular weight is 486 g/mol. The predicted octanol–water partition coefficient (Wildman–Crippen LogP) is 4.50. The molecule has 1 amide bonds. The highest BCUT2D eigenvalue weighted by atomic mass is 32.2. The first kappa shape index (κ1) is 25.6. The Morgan fingerprint density at radius 1 is 1.09 bits per heavy atom. The highest BCUT2D eigenvalue weighted by Crippen LogP contribution is 2.47. The van der Waals surface area contributed by atoms with Crippen molar-refractivity contribution in [2.75, 3.05) is 13.7 Å². The van der Waals surface area contributed by atoms with Gasteiger partial charge < -0.3 is 19.5 Å². The molecule has 1 N–H and O–H groups in total. The predicted molar refractivity (Wildman–Crippen MR) is 130 cm³/mol. The van der Waals surface area contributed by atoms with Crippen molar-refractivity contribution in [3.8, 4) is 5.75 Å². The van der Waals surface area contributed by atoms with Gasteiger partial charge in [0.1, 0.15) is 16.9 Å². The molecule has 1 heterocycles. The van der Waals surface area contributed by atoms with E-state index in [0.29, 0.717) is 11.3 Å². The number of rotatable bonds is 7. The number of esters is 1. The number of carbonyl (C=O) groups is 3. The van der Waals surface area contributed by atoms with Gasteiger partial charge in [0.05, 0.1) is 13.5 Å². The molecule has 0 bridgehead atoms. The van der Waals surface area contributed by atoms with Gasteiger partial charge >= 0.3 is 11.9 Å². The van der Waals surface area contributed by atoms with Gasteiger partial charge in [0.25, 0.3) is 5.91 Å². The van der Waals surface area contributed by atoms with E-state index in [2.05, 4.69) is 0 Å². The molecular formula is C26H31NO6S. The molecule has 0 aromatic heterocycles. The number of benzene rings is 2. The third-order valence-corrected chi connectivity index (χ3v) is 7.32.